The number of anilines is 1. The molecule has 0 amide bonds. The fourth-order valence-corrected chi connectivity index (χ4v) is 3.81. The second-order valence-corrected chi connectivity index (χ2v) is 7.43. The maximum atomic E-state index is 12.6. The number of aromatic amines is 1. The summed E-state index contributed by atoms with van der Waals surface area (Å²) in [5, 5.41) is 0. The van der Waals surface area contributed by atoms with Crippen LogP contribution in [0.1, 0.15) is 36.6 Å². The van der Waals surface area contributed by atoms with E-state index in [0.717, 1.165) is 55.7 Å². The summed E-state index contributed by atoms with van der Waals surface area (Å²) >= 11 is 0. The summed E-state index contributed by atoms with van der Waals surface area (Å²) < 4.78 is 0. The molecule has 1 saturated heterocycles. The Kier molecular flexibility index (Phi) is 4.57. The fraction of sp³-hybridized carbons (Fsp3) is 0.500. The summed E-state index contributed by atoms with van der Waals surface area (Å²) in [5.74, 6) is 1.54. The third-order valence-corrected chi connectivity index (χ3v) is 5.47. The number of aromatic nitrogens is 2. The molecule has 4 rings (SSSR count). The van der Waals surface area contributed by atoms with E-state index in [2.05, 4.69) is 46.0 Å². The summed E-state index contributed by atoms with van der Waals surface area (Å²) in [7, 11) is 0. The average Bonchev–Trinajstić information content (AvgIpc) is 2.63. The minimum absolute atomic E-state index is 0.0383. The molecule has 0 saturated carbocycles. The van der Waals surface area contributed by atoms with Crippen LogP contribution in [0.4, 0.5) is 5.95 Å². The highest BCUT2D eigenvalue weighted by molar-refractivity contribution is 5.35. The zero-order valence-corrected chi connectivity index (χ0v) is 14.9. The van der Waals surface area contributed by atoms with Gasteiger partial charge in [-0.15, -0.1) is 0 Å². The van der Waals surface area contributed by atoms with Crippen molar-refractivity contribution in [2.24, 2.45) is 5.92 Å². The number of benzene rings is 1. The average molecular weight is 338 g/mol. The highest BCUT2D eigenvalue weighted by Crippen LogP contribution is 2.22. The van der Waals surface area contributed by atoms with Gasteiger partial charge in [-0.1, -0.05) is 37.3 Å². The smallest absolute Gasteiger partial charge is 0.257 e. The van der Waals surface area contributed by atoms with E-state index in [1.54, 1.807) is 0 Å². The molecule has 2 aliphatic heterocycles. The van der Waals surface area contributed by atoms with Crippen molar-refractivity contribution in [2.45, 2.75) is 39.3 Å². The molecule has 0 unspecified atom stereocenters. The van der Waals surface area contributed by atoms with Crippen LogP contribution in [-0.2, 0) is 19.5 Å². The first-order chi connectivity index (χ1) is 12.2. The summed E-state index contributed by atoms with van der Waals surface area (Å²) in [6.07, 6.45) is 3.20. The highest BCUT2D eigenvalue weighted by atomic mass is 16.1. The van der Waals surface area contributed by atoms with Gasteiger partial charge in [0.05, 0.1) is 11.3 Å². The van der Waals surface area contributed by atoms with Gasteiger partial charge in [-0.3, -0.25) is 14.7 Å². The molecule has 0 atom stereocenters. The van der Waals surface area contributed by atoms with Crippen LogP contribution in [0.3, 0.4) is 0 Å². The molecular weight excluding hydrogens is 312 g/mol. The number of nitrogens with zero attached hydrogens (tertiary/aromatic N) is 3. The molecule has 1 N–H and O–H groups in total. The van der Waals surface area contributed by atoms with E-state index in [1.165, 1.54) is 18.4 Å². The van der Waals surface area contributed by atoms with E-state index in [0.29, 0.717) is 6.54 Å². The number of nitrogens with one attached hydrogen (secondary N) is 1. The molecule has 1 fully saturated rings. The Labute approximate surface area is 148 Å². The summed E-state index contributed by atoms with van der Waals surface area (Å²) in [6.45, 7) is 6.79. The molecule has 5 heteroatoms. The van der Waals surface area contributed by atoms with E-state index < -0.39 is 0 Å². The van der Waals surface area contributed by atoms with Crippen LogP contribution in [0.5, 0.6) is 0 Å². The molecular formula is C20H26N4O. The van der Waals surface area contributed by atoms with Gasteiger partial charge in [0.25, 0.3) is 5.56 Å². The molecule has 0 radical (unpaired) electrons. The predicted octanol–water partition coefficient (Wildman–Crippen LogP) is 2.56. The van der Waals surface area contributed by atoms with Crippen molar-refractivity contribution in [1.82, 2.24) is 14.9 Å². The second kappa shape index (κ2) is 7.00. The maximum absolute atomic E-state index is 12.6. The third kappa shape index (κ3) is 3.61. The largest absolute Gasteiger partial charge is 0.342 e. The van der Waals surface area contributed by atoms with Gasteiger partial charge in [-0.25, -0.2) is 4.98 Å². The molecule has 2 aromatic rings. The normalized spacial score (nSPS) is 19.0. The minimum Gasteiger partial charge on any atom is -0.342 e. The van der Waals surface area contributed by atoms with Crippen LogP contribution in [0.2, 0.25) is 0 Å². The monoisotopic (exact) mass is 338 g/mol. The van der Waals surface area contributed by atoms with Gasteiger partial charge in [-0.05, 0) is 24.3 Å². The summed E-state index contributed by atoms with van der Waals surface area (Å²) in [6, 6.07) is 10.4. The van der Waals surface area contributed by atoms with Gasteiger partial charge in [0.2, 0.25) is 5.95 Å². The lowest BCUT2D eigenvalue weighted by Gasteiger charge is -2.32. The van der Waals surface area contributed by atoms with Crippen molar-refractivity contribution in [3.05, 3.63) is 57.5 Å². The lowest BCUT2D eigenvalue weighted by atomic mass is 9.99. The Bertz CT molecular complexity index is 778. The third-order valence-electron chi connectivity index (χ3n) is 5.47. The van der Waals surface area contributed by atoms with Crippen molar-refractivity contribution in [3.63, 3.8) is 0 Å². The first-order valence-corrected chi connectivity index (χ1v) is 9.32. The van der Waals surface area contributed by atoms with Crippen LogP contribution in [0.25, 0.3) is 0 Å². The lowest BCUT2D eigenvalue weighted by molar-refractivity contribution is 0.241. The Morgan fingerprint density at radius 3 is 2.68 bits per heavy atom. The fourth-order valence-electron chi connectivity index (χ4n) is 3.81. The van der Waals surface area contributed by atoms with Crippen LogP contribution in [0.15, 0.2) is 35.1 Å². The van der Waals surface area contributed by atoms with Crippen molar-refractivity contribution in [1.29, 1.82) is 0 Å². The van der Waals surface area contributed by atoms with Gasteiger partial charge in [0.15, 0.2) is 0 Å². The second-order valence-electron chi connectivity index (χ2n) is 7.43. The molecule has 0 aliphatic carbocycles. The standard InChI is InChI=1S/C20H26N4O/c1-15-7-11-24(12-8-15)20-21-18-9-10-23(14-17(18)19(25)22-20)13-16-5-3-2-4-6-16/h2-6,15H,7-14H2,1H3,(H,21,22,25). The molecule has 0 bridgehead atoms. The molecule has 2 aliphatic rings. The van der Waals surface area contributed by atoms with Gasteiger partial charge < -0.3 is 4.90 Å². The Morgan fingerprint density at radius 2 is 1.92 bits per heavy atom. The number of rotatable bonds is 3. The Morgan fingerprint density at radius 1 is 1.16 bits per heavy atom. The molecule has 132 valence electrons. The number of H-pyrrole nitrogens is 1. The van der Waals surface area contributed by atoms with Crippen molar-refractivity contribution in [3.8, 4) is 0 Å². The van der Waals surface area contributed by atoms with Crippen LogP contribution in [0, 0.1) is 5.92 Å². The van der Waals surface area contributed by atoms with Gasteiger partial charge in [-0.2, -0.15) is 0 Å². The maximum Gasteiger partial charge on any atom is 0.257 e. The molecule has 5 nitrogen and oxygen atoms in total. The van der Waals surface area contributed by atoms with Crippen LogP contribution in [-0.4, -0.2) is 34.5 Å². The van der Waals surface area contributed by atoms with Gasteiger partial charge in [0, 0.05) is 39.1 Å². The van der Waals surface area contributed by atoms with Gasteiger partial charge in [0.1, 0.15) is 0 Å². The van der Waals surface area contributed by atoms with E-state index in [1.807, 2.05) is 6.07 Å². The molecule has 3 heterocycles. The van der Waals surface area contributed by atoms with Gasteiger partial charge >= 0.3 is 0 Å². The number of fused-ring (bicyclic) bond motifs is 1. The van der Waals surface area contributed by atoms with Crippen LogP contribution < -0.4 is 10.5 Å². The summed E-state index contributed by atoms with van der Waals surface area (Å²) in [5.41, 5.74) is 3.16. The quantitative estimate of drug-likeness (QED) is 0.934. The minimum atomic E-state index is 0.0383. The zero-order valence-electron chi connectivity index (χ0n) is 14.9. The van der Waals surface area contributed by atoms with E-state index >= 15 is 0 Å². The molecule has 25 heavy (non-hydrogen) atoms. The first kappa shape index (κ1) is 16.3. The Balaban J connectivity index is 1.50. The number of hydrogen-bond donors (Lipinski definition) is 1. The van der Waals surface area contributed by atoms with E-state index in [9.17, 15) is 4.79 Å². The predicted molar refractivity (Wildman–Crippen MR) is 99.7 cm³/mol. The topological polar surface area (TPSA) is 52.2 Å². The molecule has 0 spiro atoms. The first-order valence-electron chi connectivity index (χ1n) is 9.32. The number of hydrogen-bond acceptors (Lipinski definition) is 4. The molecule has 1 aromatic carbocycles. The number of piperidine rings is 1. The van der Waals surface area contributed by atoms with Crippen molar-refractivity contribution in [2.75, 3.05) is 24.5 Å². The van der Waals surface area contributed by atoms with Crippen molar-refractivity contribution >= 4 is 5.95 Å². The summed E-state index contributed by atoms with van der Waals surface area (Å²) in [4.78, 5) is 25.1. The van der Waals surface area contributed by atoms with Crippen molar-refractivity contribution < 1.29 is 0 Å². The van der Waals surface area contributed by atoms with Crippen LogP contribution >= 0.6 is 0 Å². The highest BCUT2D eigenvalue weighted by Gasteiger charge is 2.24. The van der Waals surface area contributed by atoms with E-state index in [-0.39, 0.29) is 5.56 Å². The SMILES string of the molecule is CC1CCN(c2nc3c(c(=O)[nH]2)CN(Cc2ccccc2)CC3)CC1. The lowest BCUT2D eigenvalue weighted by Crippen LogP contribution is -2.39. The Hall–Kier alpha value is -2.14. The van der Waals surface area contributed by atoms with E-state index in [4.69, 9.17) is 4.98 Å². The zero-order chi connectivity index (χ0) is 17.2. The molecule has 1 aromatic heterocycles.